The molecule has 1 N–H and O–H groups in total. The molecule has 0 radical (unpaired) electrons. The van der Waals surface area contributed by atoms with Crippen LogP contribution in [0.25, 0.3) is 0 Å². The minimum absolute atomic E-state index is 0.157. The van der Waals surface area contributed by atoms with Crippen LogP contribution in [-0.2, 0) is 4.79 Å². The maximum Gasteiger partial charge on any atom is 0.225 e. The van der Waals surface area contributed by atoms with E-state index in [2.05, 4.69) is 0 Å². The largest absolute Gasteiger partial charge is 0.391 e. The molecule has 2 fully saturated rings. The molecule has 1 amide bonds. The van der Waals surface area contributed by atoms with Crippen LogP contribution in [-0.4, -0.2) is 34.6 Å². The third-order valence-electron chi connectivity index (χ3n) is 3.40. The van der Waals surface area contributed by atoms with Crippen molar-refractivity contribution in [1.82, 2.24) is 4.90 Å². The average molecular weight is 197 g/mol. The van der Waals surface area contributed by atoms with Crippen molar-refractivity contribution in [3.63, 3.8) is 0 Å². The van der Waals surface area contributed by atoms with Gasteiger partial charge in [0.25, 0.3) is 0 Å². The quantitative estimate of drug-likeness (QED) is 0.644. The van der Waals surface area contributed by atoms with Crippen molar-refractivity contribution in [2.24, 2.45) is 0 Å². The number of nitrogens with zero attached hydrogens (tertiary/aromatic N) is 1. The molecule has 80 valence electrons. The Kier molecular flexibility index (Phi) is 3.06. The monoisotopic (exact) mass is 197 g/mol. The molecule has 0 spiro atoms. The molecule has 0 aromatic carbocycles. The number of rotatable bonds is 1. The van der Waals surface area contributed by atoms with Gasteiger partial charge in [0.2, 0.25) is 5.91 Å². The van der Waals surface area contributed by atoms with Gasteiger partial charge in [0.05, 0.1) is 12.5 Å². The van der Waals surface area contributed by atoms with E-state index in [1.165, 1.54) is 25.7 Å². The van der Waals surface area contributed by atoms with Gasteiger partial charge in [-0.3, -0.25) is 4.79 Å². The lowest BCUT2D eigenvalue weighted by Gasteiger charge is -2.26. The second-order valence-corrected chi connectivity index (χ2v) is 4.55. The molecule has 0 aromatic heterocycles. The summed E-state index contributed by atoms with van der Waals surface area (Å²) in [6, 6.07) is 0.419. The van der Waals surface area contributed by atoms with Crippen molar-refractivity contribution in [2.75, 3.05) is 6.54 Å². The van der Waals surface area contributed by atoms with E-state index < -0.39 is 6.10 Å². The molecule has 1 saturated carbocycles. The Balaban J connectivity index is 1.95. The van der Waals surface area contributed by atoms with Crippen molar-refractivity contribution in [3.8, 4) is 0 Å². The Morgan fingerprint density at radius 1 is 1.14 bits per heavy atom. The molecule has 14 heavy (non-hydrogen) atoms. The van der Waals surface area contributed by atoms with E-state index in [0.29, 0.717) is 19.0 Å². The highest BCUT2D eigenvalue weighted by Crippen LogP contribution is 2.25. The van der Waals surface area contributed by atoms with Crippen LogP contribution in [0.5, 0.6) is 0 Å². The normalized spacial score (nSPS) is 30.8. The van der Waals surface area contributed by atoms with Gasteiger partial charge < -0.3 is 10.0 Å². The molecule has 0 aromatic rings. The van der Waals surface area contributed by atoms with Crippen molar-refractivity contribution in [1.29, 1.82) is 0 Å². The first-order valence-corrected chi connectivity index (χ1v) is 5.75. The van der Waals surface area contributed by atoms with Crippen LogP contribution in [0.15, 0.2) is 0 Å². The first-order valence-electron chi connectivity index (χ1n) is 5.75. The molecule has 1 aliphatic carbocycles. The van der Waals surface area contributed by atoms with E-state index in [-0.39, 0.29) is 5.91 Å². The van der Waals surface area contributed by atoms with E-state index in [0.717, 1.165) is 12.8 Å². The van der Waals surface area contributed by atoms with Gasteiger partial charge in [0.15, 0.2) is 0 Å². The molecule has 0 bridgehead atoms. The summed E-state index contributed by atoms with van der Waals surface area (Å²) < 4.78 is 0. The van der Waals surface area contributed by atoms with Gasteiger partial charge in [-0.1, -0.05) is 25.7 Å². The van der Waals surface area contributed by atoms with Crippen LogP contribution in [0.2, 0.25) is 0 Å². The average Bonchev–Trinajstić information content (AvgIpc) is 2.43. The van der Waals surface area contributed by atoms with E-state index in [9.17, 15) is 9.90 Å². The van der Waals surface area contributed by atoms with Gasteiger partial charge in [-0.05, 0) is 12.8 Å². The summed E-state index contributed by atoms with van der Waals surface area (Å²) in [6.07, 6.45) is 7.30. The summed E-state index contributed by atoms with van der Waals surface area (Å²) >= 11 is 0. The first kappa shape index (κ1) is 9.97. The van der Waals surface area contributed by atoms with Crippen LogP contribution in [0.3, 0.4) is 0 Å². The Morgan fingerprint density at radius 3 is 2.29 bits per heavy atom. The lowest BCUT2D eigenvalue weighted by atomic mass is 10.1. The first-order chi connectivity index (χ1) is 6.77. The number of aliphatic hydroxyl groups is 1. The SMILES string of the molecule is O=C1CC(O)CN1C1CCCCCC1. The van der Waals surface area contributed by atoms with Gasteiger partial charge in [0.1, 0.15) is 0 Å². The number of hydrogen-bond donors (Lipinski definition) is 1. The number of likely N-dealkylation sites (tertiary alicyclic amines) is 1. The molecule has 1 saturated heterocycles. The zero-order valence-electron chi connectivity index (χ0n) is 8.61. The van der Waals surface area contributed by atoms with Crippen molar-refractivity contribution in [3.05, 3.63) is 0 Å². The Labute approximate surface area is 85.1 Å². The fraction of sp³-hybridized carbons (Fsp3) is 0.909. The highest BCUT2D eigenvalue weighted by molar-refractivity contribution is 5.79. The topological polar surface area (TPSA) is 40.5 Å². The van der Waals surface area contributed by atoms with Gasteiger partial charge >= 0.3 is 0 Å². The fourth-order valence-electron chi connectivity index (χ4n) is 2.63. The number of carbonyl (C=O) groups is 1. The zero-order chi connectivity index (χ0) is 9.97. The van der Waals surface area contributed by atoms with Crippen LogP contribution >= 0.6 is 0 Å². The molecular weight excluding hydrogens is 178 g/mol. The lowest BCUT2D eigenvalue weighted by Crippen LogP contribution is -2.36. The number of β-amino-alcohol motifs (C(OH)–C–C–N with tert-alkyl or cyclic N) is 1. The third-order valence-corrected chi connectivity index (χ3v) is 3.40. The summed E-state index contributed by atoms with van der Waals surface area (Å²) in [5.41, 5.74) is 0. The van der Waals surface area contributed by atoms with E-state index in [1.807, 2.05) is 4.90 Å². The summed E-state index contributed by atoms with van der Waals surface area (Å²) in [5, 5.41) is 9.41. The summed E-state index contributed by atoms with van der Waals surface area (Å²) in [4.78, 5) is 13.5. The number of aliphatic hydroxyl groups excluding tert-OH is 1. The lowest BCUT2D eigenvalue weighted by molar-refractivity contribution is -0.129. The molecule has 1 atom stereocenters. The molecule has 2 rings (SSSR count). The van der Waals surface area contributed by atoms with Gasteiger partial charge in [-0.25, -0.2) is 0 Å². The van der Waals surface area contributed by atoms with E-state index in [1.54, 1.807) is 0 Å². The van der Waals surface area contributed by atoms with Crippen LogP contribution in [0.4, 0.5) is 0 Å². The minimum atomic E-state index is -0.411. The Bertz CT molecular complexity index is 209. The van der Waals surface area contributed by atoms with E-state index in [4.69, 9.17) is 0 Å². The molecule has 3 heteroatoms. The molecular formula is C11H19NO2. The maximum absolute atomic E-state index is 11.6. The van der Waals surface area contributed by atoms with Crippen LogP contribution in [0.1, 0.15) is 44.9 Å². The smallest absolute Gasteiger partial charge is 0.225 e. The molecule has 2 aliphatic rings. The van der Waals surface area contributed by atoms with Gasteiger partial charge in [-0.15, -0.1) is 0 Å². The van der Waals surface area contributed by atoms with Gasteiger partial charge in [0, 0.05) is 12.6 Å². The third kappa shape index (κ3) is 2.08. The second kappa shape index (κ2) is 4.30. The molecule has 1 heterocycles. The van der Waals surface area contributed by atoms with Crippen LogP contribution < -0.4 is 0 Å². The van der Waals surface area contributed by atoms with Crippen LogP contribution in [0, 0.1) is 0 Å². The summed E-state index contributed by atoms with van der Waals surface area (Å²) in [6.45, 7) is 0.573. The van der Waals surface area contributed by atoms with Crippen molar-refractivity contribution < 1.29 is 9.90 Å². The highest BCUT2D eigenvalue weighted by Gasteiger charge is 2.33. The summed E-state index contributed by atoms with van der Waals surface area (Å²) in [7, 11) is 0. The number of amides is 1. The maximum atomic E-state index is 11.6. The zero-order valence-corrected chi connectivity index (χ0v) is 8.61. The second-order valence-electron chi connectivity index (χ2n) is 4.55. The standard InChI is InChI=1S/C11H19NO2/c13-10-7-11(14)12(8-10)9-5-3-1-2-4-6-9/h9-10,13H,1-8H2. The molecule has 1 unspecified atom stereocenters. The molecule has 3 nitrogen and oxygen atoms in total. The predicted octanol–water partition coefficient (Wildman–Crippen LogP) is 1.30. The van der Waals surface area contributed by atoms with E-state index >= 15 is 0 Å². The predicted molar refractivity (Wildman–Crippen MR) is 53.8 cm³/mol. The Morgan fingerprint density at radius 2 is 1.79 bits per heavy atom. The minimum Gasteiger partial charge on any atom is -0.391 e. The Hall–Kier alpha value is -0.570. The van der Waals surface area contributed by atoms with Crippen molar-refractivity contribution >= 4 is 5.91 Å². The summed E-state index contributed by atoms with van der Waals surface area (Å²) in [5.74, 6) is 0.157. The molecule has 1 aliphatic heterocycles. The number of hydrogen-bond acceptors (Lipinski definition) is 2. The van der Waals surface area contributed by atoms with Gasteiger partial charge in [-0.2, -0.15) is 0 Å². The highest BCUT2D eigenvalue weighted by atomic mass is 16.3. The number of carbonyl (C=O) groups excluding carboxylic acids is 1. The van der Waals surface area contributed by atoms with Crippen molar-refractivity contribution in [2.45, 2.75) is 57.1 Å². The fourth-order valence-corrected chi connectivity index (χ4v) is 2.63.